The molecule has 4 amide bonds. The smallest absolute Gasteiger partial charge is 0.407 e. The van der Waals surface area contributed by atoms with E-state index < -0.39 is 12.1 Å². The maximum atomic E-state index is 14.2. The highest BCUT2D eigenvalue weighted by Gasteiger charge is 2.29. The summed E-state index contributed by atoms with van der Waals surface area (Å²) in [5.74, 6) is -0.189. The number of nitrogens with zero attached hydrogens (tertiary/aromatic N) is 3. The van der Waals surface area contributed by atoms with Crippen LogP contribution in [0, 0.1) is 0 Å². The van der Waals surface area contributed by atoms with Crippen molar-refractivity contribution >= 4 is 29.4 Å². The summed E-state index contributed by atoms with van der Waals surface area (Å²) in [7, 11) is 1.85. The number of nitrogens with one attached hydrogen (secondary N) is 3. The number of carbonyl (C=O) groups excluding carboxylic acids is 3. The summed E-state index contributed by atoms with van der Waals surface area (Å²) >= 11 is 1.44. The molecule has 0 unspecified atom stereocenters. The minimum absolute atomic E-state index is 0.161. The predicted octanol–water partition coefficient (Wildman–Crippen LogP) is 5.55. The zero-order chi connectivity index (χ0) is 35.7. The Balaban J connectivity index is 1.27. The second-order valence-electron chi connectivity index (χ2n) is 13.7. The van der Waals surface area contributed by atoms with Gasteiger partial charge in [-0.2, -0.15) is 0 Å². The monoisotopic (exact) mass is 718 g/mol. The number of ether oxygens (including phenoxy) is 2. The number of hydrogen-bond donors (Lipinski definition) is 3. The molecule has 0 bridgehead atoms. The van der Waals surface area contributed by atoms with Crippen LogP contribution in [-0.4, -0.2) is 96.9 Å². The van der Waals surface area contributed by atoms with Gasteiger partial charge < -0.3 is 30.3 Å². The van der Waals surface area contributed by atoms with Crippen molar-refractivity contribution in [3.63, 3.8) is 0 Å². The van der Waals surface area contributed by atoms with Gasteiger partial charge in [0.25, 0.3) is 0 Å². The third kappa shape index (κ3) is 13.2. The number of aromatic nitrogens is 1. The average Bonchev–Trinajstić information content (AvgIpc) is 3.70. The van der Waals surface area contributed by atoms with E-state index in [1.54, 1.807) is 16.6 Å². The Morgan fingerprint density at radius 2 is 1.51 bits per heavy atom. The molecule has 2 fully saturated rings. The largest absolute Gasteiger partial charge is 0.444 e. The van der Waals surface area contributed by atoms with E-state index in [0.717, 1.165) is 54.8 Å². The van der Waals surface area contributed by atoms with E-state index in [4.69, 9.17) is 9.47 Å². The predicted molar refractivity (Wildman–Crippen MR) is 200 cm³/mol. The number of benzene rings is 2. The number of alkyl carbamates (subject to hydrolysis) is 1. The van der Waals surface area contributed by atoms with Crippen LogP contribution in [0.1, 0.15) is 67.4 Å². The second kappa shape index (κ2) is 20.8. The fourth-order valence-corrected chi connectivity index (χ4v) is 7.41. The molecule has 1 aliphatic heterocycles. The van der Waals surface area contributed by atoms with Crippen LogP contribution < -0.4 is 16.0 Å². The van der Waals surface area contributed by atoms with E-state index in [1.807, 2.05) is 55.6 Å². The molecule has 3 N–H and O–H groups in total. The maximum absolute atomic E-state index is 14.2. The lowest BCUT2D eigenvalue weighted by molar-refractivity contribution is -0.124. The van der Waals surface area contributed by atoms with E-state index >= 15 is 0 Å². The Morgan fingerprint density at radius 3 is 2.12 bits per heavy atom. The van der Waals surface area contributed by atoms with Crippen LogP contribution >= 0.6 is 11.3 Å². The van der Waals surface area contributed by atoms with Crippen LogP contribution in [0.15, 0.2) is 72.4 Å². The molecule has 0 radical (unpaired) electrons. The van der Waals surface area contributed by atoms with Crippen molar-refractivity contribution in [1.82, 2.24) is 30.7 Å². The molecule has 1 aliphatic carbocycles. The topological polar surface area (TPSA) is 125 Å². The molecule has 51 heavy (non-hydrogen) atoms. The number of morpholine rings is 1. The molecule has 2 heterocycles. The minimum atomic E-state index is -0.690. The van der Waals surface area contributed by atoms with Crippen molar-refractivity contribution in [2.24, 2.45) is 0 Å². The molecular formula is C39H54N6O5S. The standard InChI is InChI=1S/C39H54N6O5S/c1-44(34-15-9-4-10-16-34)38(47)43-36(19-20-45-21-23-49-24-22-45)37(46)41-32(25-30-11-5-2-6-12-30)17-18-33(26-31-13-7-3-8-14-31)42-39(48)50-28-35-27-40-29-51-35/h2-3,5-8,11-14,27,29,32-34,36H,4,9-10,15-26,28H2,1H3,(H,41,46)(H,42,48)(H,43,47)/t32-,33-,36+/m1/s1. The molecule has 276 valence electrons. The van der Waals surface area contributed by atoms with Crippen LogP contribution in [0.4, 0.5) is 9.59 Å². The van der Waals surface area contributed by atoms with E-state index in [0.29, 0.717) is 51.9 Å². The number of carbonyl (C=O) groups is 3. The van der Waals surface area contributed by atoms with Gasteiger partial charge in [-0.05, 0) is 56.1 Å². The molecule has 3 atom stereocenters. The lowest BCUT2D eigenvalue weighted by Gasteiger charge is -2.33. The van der Waals surface area contributed by atoms with Crippen molar-refractivity contribution in [2.75, 3.05) is 39.9 Å². The Kier molecular flexibility index (Phi) is 15.6. The summed E-state index contributed by atoms with van der Waals surface area (Å²) in [5, 5.41) is 9.52. The van der Waals surface area contributed by atoms with Crippen LogP contribution in [0.5, 0.6) is 0 Å². The van der Waals surface area contributed by atoms with E-state index in [9.17, 15) is 14.4 Å². The number of rotatable bonds is 17. The summed E-state index contributed by atoms with van der Waals surface area (Å²) in [4.78, 5) is 49.7. The molecular weight excluding hydrogens is 665 g/mol. The highest BCUT2D eigenvalue weighted by atomic mass is 32.1. The van der Waals surface area contributed by atoms with Gasteiger partial charge in [-0.15, -0.1) is 11.3 Å². The van der Waals surface area contributed by atoms with Crippen LogP contribution in [0.2, 0.25) is 0 Å². The SMILES string of the molecule is CN(C(=O)N[C@@H](CCN1CCOCC1)C(=O)N[C@H](CC[C@H](Cc1ccccc1)NC(=O)OCc1cncs1)Cc1ccccc1)C1CCCCC1. The van der Waals surface area contributed by atoms with Crippen LogP contribution in [-0.2, 0) is 33.7 Å². The molecule has 0 spiro atoms. The van der Waals surface area contributed by atoms with Crippen LogP contribution in [0.25, 0.3) is 0 Å². The highest BCUT2D eigenvalue weighted by molar-refractivity contribution is 7.09. The van der Waals surface area contributed by atoms with E-state index in [1.165, 1.54) is 17.8 Å². The van der Waals surface area contributed by atoms with Crippen molar-refractivity contribution in [3.05, 3.63) is 88.4 Å². The van der Waals surface area contributed by atoms with Gasteiger partial charge in [0.05, 0.1) is 23.6 Å². The van der Waals surface area contributed by atoms with Gasteiger partial charge >= 0.3 is 12.1 Å². The number of thiazole rings is 1. The molecule has 1 aromatic heterocycles. The zero-order valence-corrected chi connectivity index (χ0v) is 30.7. The molecule has 3 aromatic rings. The Labute approximate surface area is 306 Å². The fourth-order valence-electron chi connectivity index (χ4n) is 6.90. The lowest BCUT2D eigenvalue weighted by atomic mass is 9.94. The summed E-state index contributed by atoms with van der Waals surface area (Å²) in [6, 6.07) is 19.0. The lowest BCUT2D eigenvalue weighted by Crippen LogP contribution is -2.55. The summed E-state index contributed by atoms with van der Waals surface area (Å²) in [5.41, 5.74) is 3.91. The molecule has 1 saturated carbocycles. The van der Waals surface area contributed by atoms with E-state index in [2.05, 4.69) is 38.0 Å². The maximum Gasteiger partial charge on any atom is 0.407 e. The summed E-state index contributed by atoms with van der Waals surface area (Å²) < 4.78 is 11.1. The number of hydrogen-bond acceptors (Lipinski definition) is 8. The first-order chi connectivity index (χ1) is 24.9. The third-order valence-electron chi connectivity index (χ3n) is 9.91. The molecule has 1 saturated heterocycles. The zero-order valence-electron chi connectivity index (χ0n) is 29.8. The third-order valence-corrected chi connectivity index (χ3v) is 10.7. The first-order valence-corrected chi connectivity index (χ1v) is 19.3. The molecule has 12 heteroatoms. The summed E-state index contributed by atoms with van der Waals surface area (Å²) in [6.07, 6.45) is 9.59. The molecule has 2 aromatic carbocycles. The van der Waals surface area contributed by atoms with Gasteiger partial charge in [0.2, 0.25) is 5.91 Å². The first kappa shape index (κ1) is 38.2. The fraction of sp³-hybridized carbons (Fsp3) is 0.538. The number of amides is 4. The first-order valence-electron chi connectivity index (χ1n) is 18.4. The molecule has 11 nitrogen and oxygen atoms in total. The normalized spacial score (nSPS) is 17.1. The van der Waals surface area contributed by atoms with Crippen molar-refractivity contribution in [3.8, 4) is 0 Å². The highest BCUT2D eigenvalue weighted by Crippen LogP contribution is 2.22. The van der Waals surface area contributed by atoms with Gasteiger partial charge in [-0.1, -0.05) is 79.9 Å². The second-order valence-corrected chi connectivity index (χ2v) is 14.7. The summed E-state index contributed by atoms with van der Waals surface area (Å²) in [6.45, 7) is 3.81. The van der Waals surface area contributed by atoms with Crippen molar-refractivity contribution in [2.45, 2.75) is 95.0 Å². The van der Waals surface area contributed by atoms with E-state index in [-0.39, 0.29) is 36.7 Å². The number of urea groups is 1. The van der Waals surface area contributed by atoms with Gasteiger partial charge in [0.15, 0.2) is 0 Å². The average molecular weight is 719 g/mol. The quantitative estimate of drug-likeness (QED) is 0.167. The van der Waals surface area contributed by atoms with Crippen molar-refractivity contribution in [1.29, 1.82) is 0 Å². The Hall–Kier alpha value is -4.00. The Bertz CT molecular complexity index is 1450. The van der Waals surface area contributed by atoms with Gasteiger partial charge in [-0.25, -0.2) is 9.59 Å². The van der Waals surface area contributed by atoms with Crippen LogP contribution in [0.3, 0.4) is 0 Å². The minimum Gasteiger partial charge on any atom is -0.444 e. The molecule has 5 rings (SSSR count). The molecule has 2 aliphatic rings. The van der Waals surface area contributed by atoms with Gasteiger partial charge in [-0.3, -0.25) is 14.7 Å². The Morgan fingerprint density at radius 1 is 0.882 bits per heavy atom. The van der Waals surface area contributed by atoms with Gasteiger partial charge in [0.1, 0.15) is 12.6 Å². The van der Waals surface area contributed by atoms with Crippen molar-refractivity contribution < 1.29 is 23.9 Å². The van der Waals surface area contributed by atoms with Gasteiger partial charge in [0, 0.05) is 51.0 Å².